The fraction of sp³-hybridized carbons (Fsp3) is 0.333. The lowest BCUT2D eigenvalue weighted by atomic mass is 10.3. The van der Waals surface area contributed by atoms with Crippen LogP contribution in [-0.4, -0.2) is 19.1 Å². The summed E-state index contributed by atoms with van der Waals surface area (Å²) in [6.45, 7) is 9.18. The van der Waals surface area contributed by atoms with Crippen LogP contribution in [0.15, 0.2) is 37.4 Å². The van der Waals surface area contributed by atoms with Gasteiger partial charge in [-0.3, -0.25) is 0 Å². The second kappa shape index (κ2) is 9.41. The molecule has 0 fully saturated rings. The summed E-state index contributed by atoms with van der Waals surface area (Å²) in [6.07, 6.45) is 0. The van der Waals surface area contributed by atoms with Crippen LogP contribution in [0, 0.1) is 0 Å². The van der Waals surface area contributed by atoms with E-state index in [2.05, 4.69) is 13.2 Å². The highest BCUT2D eigenvalue weighted by Gasteiger charge is 1.94. The minimum Gasteiger partial charge on any atom is -0.494 e. The van der Waals surface area contributed by atoms with Crippen LogP contribution in [0.5, 0.6) is 11.5 Å². The summed E-state index contributed by atoms with van der Waals surface area (Å²) >= 11 is 5.48. The first kappa shape index (κ1) is 13.8. The molecular formula is C12H17ClO2. The molecule has 2 nitrogen and oxygen atoms in total. The molecule has 0 aliphatic carbocycles. The lowest BCUT2D eigenvalue weighted by Crippen LogP contribution is -1.98. The Bertz CT molecular complexity index is 246. The fourth-order valence-electron chi connectivity index (χ4n) is 0.955. The quantitative estimate of drug-likeness (QED) is 0.567. The molecule has 0 N–H and O–H groups in total. The minimum absolute atomic E-state index is 0.507. The van der Waals surface area contributed by atoms with Crippen molar-refractivity contribution in [3.63, 3.8) is 0 Å². The molecule has 1 aromatic rings. The zero-order chi connectivity index (χ0) is 11.5. The van der Waals surface area contributed by atoms with Crippen molar-refractivity contribution < 1.29 is 9.47 Å². The van der Waals surface area contributed by atoms with Gasteiger partial charge in [-0.25, -0.2) is 0 Å². The van der Waals surface area contributed by atoms with Gasteiger partial charge in [-0.2, -0.15) is 0 Å². The second-order valence-electron chi connectivity index (χ2n) is 2.44. The van der Waals surface area contributed by atoms with Gasteiger partial charge in [0, 0.05) is 0 Å². The highest BCUT2D eigenvalue weighted by Crippen LogP contribution is 2.17. The molecule has 84 valence electrons. The molecule has 0 bridgehead atoms. The van der Waals surface area contributed by atoms with Crippen LogP contribution in [0.1, 0.15) is 6.92 Å². The van der Waals surface area contributed by atoms with Crippen LogP contribution in [-0.2, 0) is 0 Å². The SMILES string of the molecule is C=C.CCOc1ccc(OCCCl)cc1. The fourth-order valence-corrected chi connectivity index (χ4v) is 1.03. The molecule has 0 saturated carbocycles. The molecule has 15 heavy (non-hydrogen) atoms. The van der Waals surface area contributed by atoms with Gasteiger partial charge in [0.1, 0.15) is 18.1 Å². The Morgan fingerprint density at radius 3 is 1.93 bits per heavy atom. The van der Waals surface area contributed by atoms with E-state index in [1.807, 2.05) is 31.2 Å². The number of hydrogen-bond donors (Lipinski definition) is 0. The van der Waals surface area contributed by atoms with E-state index < -0.39 is 0 Å². The van der Waals surface area contributed by atoms with Gasteiger partial charge in [0.25, 0.3) is 0 Å². The first-order chi connectivity index (χ1) is 7.36. The van der Waals surface area contributed by atoms with Crippen LogP contribution in [0.25, 0.3) is 0 Å². The lowest BCUT2D eigenvalue weighted by Gasteiger charge is -2.05. The third-order valence-electron chi connectivity index (χ3n) is 1.48. The van der Waals surface area contributed by atoms with Crippen molar-refractivity contribution >= 4 is 11.6 Å². The van der Waals surface area contributed by atoms with E-state index in [0.29, 0.717) is 19.1 Å². The standard InChI is InChI=1S/C10H13ClO2.C2H4/c1-2-12-9-3-5-10(6-4-9)13-8-7-11;1-2/h3-6H,2,7-8H2,1H3;1-2H2. The van der Waals surface area contributed by atoms with Gasteiger partial charge in [0.2, 0.25) is 0 Å². The summed E-state index contributed by atoms with van der Waals surface area (Å²) in [4.78, 5) is 0. The smallest absolute Gasteiger partial charge is 0.119 e. The van der Waals surface area contributed by atoms with Crippen molar-refractivity contribution in [2.45, 2.75) is 6.92 Å². The van der Waals surface area contributed by atoms with Crippen LogP contribution in [0.4, 0.5) is 0 Å². The van der Waals surface area contributed by atoms with E-state index in [1.54, 1.807) is 0 Å². The van der Waals surface area contributed by atoms with Crippen LogP contribution < -0.4 is 9.47 Å². The maximum atomic E-state index is 5.48. The molecule has 1 aromatic carbocycles. The van der Waals surface area contributed by atoms with Crippen molar-refractivity contribution in [3.05, 3.63) is 37.4 Å². The highest BCUT2D eigenvalue weighted by atomic mass is 35.5. The van der Waals surface area contributed by atoms with E-state index >= 15 is 0 Å². The van der Waals surface area contributed by atoms with Crippen molar-refractivity contribution in [3.8, 4) is 11.5 Å². The Kier molecular flexibility index (Phi) is 8.69. The van der Waals surface area contributed by atoms with E-state index in [-0.39, 0.29) is 0 Å². The summed E-state index contributed by atoms with van der Waals surface area (Å²) in [7, 11) is 0. The van der Waals surface area contributed by atoms with Gasteiger partial charge in [-0.05, 0) is 31.2 Å². The van der Waals surface area contributed by atoms with E-state index in [1.165, 1.54) is 0 Å². The molecule has 0 aliphatic rings. The number of benzene rings is 1. The molecule has 0 aromatic heterocycles. The Morgan fingerprint density at radius 2 is 1.53 bits per heavy atom. The molecule has 1 rings (SSSR count). The average Bonchev–Trinajstić information content (AvgIpc) is 2.31. The Hall–Kier alpha value is -1.15. The first-order valence-corrected chi connectivity index (χ1v) is 5.32. The Balaban J connectivity index is 0.000000921. The number of ether oxygens (including phenoxy) is 2. The molecule has 0 spiro atoms. The largest absolute Gasteiger partial charge is 0.494 e. The number of halogens is 1. The van der Waals surface area contributed by atoms with Gasteiger partial charge in [-0.15, -0.1) is 24.8 Å². The predicted octanol–water partition coefficient (Wildman–Crippen LogP) is 3.51. The third-order valence-corrected chi connectivity index (χ3v) is 1.63. The predicted molar refractivity (Wildman–Crippen MR) is 65.1 cm³/mol. The van der Waals surface area contributed by atoms with Crippen molar-refractivity contribution in [1.82, 2.24) is 0 Å². The minimum atomic E-state index is 0.507. The van der Waals surface area contributed by atoms with Gasteiger partial charge in [0.15, 0.2) is 0 Å². The normalized spacial score (nSPS) is 8.67. The highest BCUT2D eigenvalue weighted by molar-refractivity contribution is 6.17. The van der Waals surface area contributed by atoms with E-state index in [0.717, 1.165) is 11.5 Å². The summed E-state index contributed by atoms with van der Waals surface area (Å²) in [6, 6.07) is 7.51. The molecule has 3 heteroatoms. The summed E-state index contributed by atoms with van der Waals surface area (Å²) in [5.74, 6) is 2.19. The second-order valence-corrected chi connectivity index (χ2v) is 2.82. The summed E-state index contributed by atoms with van der Waals surface area (Å²) < 4.78 is 10.6. The van der Waals surface area contributed by atoms with Crippen molar-refractivity contribution in [2.75, 3.05) is 19.1 Å². The molecule has 0 heterocycles. The van der Waals surface area contributed by atoms with Crippen LogP contribution >= 0.6 is 11.6 Å². The van der Waals surface area contributed by atoms with Crippen molar-refractivity contribution in [1.29, 1.82) is 0 Å². The van der Waals surface area contributed by atoms with E-state index in [4.69, 9.17) is 21.1 Å². The van der Waals surface area contributed by atoms with Crippen LogP contribution in [0.3, 0.4) is 0 Å². The zero-order valence-corrected chi connectivity index (χ0v) is 9.80. The third kappa shape index (κ3) is 6.02. The molecule has 0 amide bonds. The molecule has 0 aliphatic heterocycles. The van der Waals surface area contributed by atoms with Gasteiger partial charge in [-0.1, -0.05) is 0 Å². The number of rotatable bonds is 5. The van der Waals surface area contributed by atoms with Crippen molar-refractivity contribution in [2.24, 2.45) is 0 Å². The van der Waals surface area contributed by atoms with E-state index in [9.17, 15) is 0 Å². The van der Waals surface area contributed by atoms with Gasteiger partial charge >= 0.3 is 0 Å². The summed E-state index contributed by atoms with van der Waals surface area (Å²) in [5, 5.41) is 0. The Labute approximate surface area is 96.5 Å². The molecule has 0 radical (unpaired) electrons. The topological polar surface area (TPSA) is 18.5 Å². The van der Waals surface area contributed by atoms with Gasteiger partial charge in [0.05, 0.1) is 12.5 Å². The molecule has 0 atom stereocenters. The number of alkyl halides is 1. The molecular weight excluding hydrogens is 212 g/mol. The Morgan fingerprint density at radius 1 is 1.07 bits per heavy atom. The summed E-state index contributed by atoms with van der Waals surface area (Å²) in [5.41, 5.74) is 0. The van der Waals surface area contributed by atoms with Crippen LogP contribution in [0.2, 0.25) is 0 Å². The monoisotopic (exact) mass is 228 g/mol. The average molecular weight is 229 g/mol. The van der Waals surface area contributed by atoms with Gasteiger partial charge < -0.3 is 9.47 Å². The zero-order valence-electron chi connectivity index (χ0n) is 9.04. The number of hydrogen-bond acceptors (Lipinski definition) is 2. The molecule has 0 saturated heterocycles. The maximum Gasteiger partial charge on any atom is 0.119 e. The lowest BCUT2D eigenvalue weighted by molar-refractivity contribution is 0.332. The maximum absolute atomic E-state index is 5.48. The molecule has 0 unspecified atom stereocenters. The first-order valence-electron chi connectivity index (χ1n) is 4.78.